The smallest absolute Gasteiger partial charge is 0.325 e. The molecule has 0 spiro atoms. The molecule has 0 saturated heterocycles. The number of fused-ring (bicyclic) bond motifs is 1. The number of H-pyrrole nitrogens is 2. The molecule has 3 rings (SSSR count). The van der Waals surface area contributed by atoms with Gasteiger partial charge in [0.15, 0.2) is 6.61 Å². The highest BCUT2D eigenvalue weighted by Gasteiger charge is 2.16. The second-order valence-corrected chi connectivity index (χ2v) is 5.23. The molecule has 0 bridgehead atoms. The summed E-state index contributed by atoms with van der Waals surface area (Å²) in [6, 6.07) is 6.35. The summed E-state index contributed by atoms with van der Waals surface area (Å²) >= 11 is 0. The number of anilines is 1. The van der Waals surface area contributed by atoms with E-state index in [9.17, 15) is 19.2 Å². The van der Waals surface area contributed by atoms with E-state index in [4.69, 9.17) is 4.74 Å². The van der Waals surface area contributed by atoms with Gasteiger partial charge < -0.3 is 20.4 Å². The van der Waals surface area contributed by atoms with Gasteiger partial charge in [-0.2, -0.15) is 0 Å². The van der Waals surface area contributed by atoms with E-state index in [0.717, 1.165) is 11.6 Å². The van der Waals surface area contributed by atoms with Crippen LogP contribution in [0.1, 0.15) is 11.3 Å². The molecule has 0 unspecified atom stereocenters. The van der Waals surface area contributed by atoms with Crippen molar-refractivity contribution in [2.45, 2.75) is 13.0 Å². The van der Waals surface area contributed by atoms with Gasteiger partial charge in [0.25, 0.3) is 11.5 Å². The third-order valence-corrected chi connectivity index (χ3v) is 3.33. The predicted molar refractivity (Wildman–Crippen MR) is 83.8 cm³/mol. The van der Waals surface area contributed by atoms with Gasteiger partial charge in [0.1, 0.15) is 5.75 Å². The summed E-state index contributed by atoms with van der Waals surface area (Å²) in [5, 5.41) is 5.36. The van der Waals surface area contributed by atoms with Gasteiger partial charge in [-0.05, 0) is 17.7 Å². The van der Waals surface area contributed by atoms with Crippen LogP contribution >= 0.6 is 0 Å². The van der Waals surface area contributed by atoms with Crippen LogP contribution < -0.4 is 26.6 Å². The Morgan fingerprint density at radius 1 is 1.17 bits per heavy atom. The number of nitrogens with one attached hydrogen (secondary N) is 4. The van der Waals surface area contributed by atoms with E-state index in [1.54, 1.807) is 18.2 Å². The van der Waals surface area contributed by atoms with E-state index >= 15 is 0 Å². The maximum Gasteiger partial charge on any atom is 0.325 e. The quantitative estimate of drug-likeness (QED) is 0.585. The summed E-state index contributed by atoms with van der Waals surface area (Å²) in [4.78, 5) is 50.0. The molecule has 124 valence electrons. The molecule has 4 N–H and O–H groups in total. The minimum absolute atomic E-state index is 0.0164. The molecular weight excluding hydrogens is 316 g/mol. The summed E-state index contributed by atoms with van der Waals surface area (Å²) in [5.74, 6) is -0.0121. The van der Waals surface area contributed by atoms with Crippen LogP contribution in [0, 0.1) is 0 Å². The zero-order chi connectivity index (χ0) is 17.1. The van der Waals surface area contributed by atoms with Crippen molar-refractivity contribution in [3.63, 3.8) is 0 Å². The van der Waals surface area contributed by atoms with Gasteiger partial charge in [-0.15, -0.1) is 0 Å². The summed E-state index contributed by atoms with van der Waals surface area (Å²) in [6.45, 7) is 0.215. The van der Waals surface area contributed by atoms with E-state index in [-0.39, 0.29) is 37.1 Å². The van der Waals surface area contributed by atoms with Crippen molar-refractivity contribution in [2.75, 3.05) is 11.9 Å². The molecule has 24 heavy (non-hydrogen) atoms. The Kier molecular flexibility index (Phi) is 4.15. The molecule has 0 radical (unpaired) electrons. The SMILES string of the molecule is O=C(Cc1cc(=O)[nH]c(=O)[nH]1)NCc1ccc2c(c1)NC(=O)CO2. The van der Waals surface area contributed by atoms with Gasteiger partial charge in [0.05, 0.1) is 12.1 Å². The molecule has 2 amide bonds. The summed E-state index contributed by atoms with van der Waals surface area (Å²) < 4.78 is 5.25. The zero-order valence-electron chi connectivity index (χ0n) is 12.5. The lowest BCUT2D eigenvalue weighted by Crippen LogP contribution is -2.29. The Labute approximate surface area is 135 Å². The van der Waals surface area contributed by atoms with Gasteiger partial charge >= 0.3 is 5.69 Å². The van der Waals surface area contributed by atoms with Gasteiger partial charge in [0, 0.05) is 18.3 Å². The lowest BCUT2D eigenvalue weighted by atomic mass is 10.1. The molecule has 9 heteroatoms. The maximum absolute atomic E-state index is 11.9. The van der Waals surface area contributed by atoms with Crippen molar-refractivity contribution >= 4 is 17.5 Å². The summed E-state index contributed by atoms with van der Waals surface area (Å²) in [7, 11) is 0. The number of hydrogen-bond acceptors (Lipinski definition) is 5. The van der Waals surface area contributed by atoms with E-state index in [2.05, 4.69) is 15.6 Å². The molecule has 9 nitrogen and oxygen atoms in total. The number of benzene rings is 1. The largest absolute Gasteiger partial charge is 0.482 e. The van der Waals surface area contributed by atoms with Crippen LogP contribution in [-0.2, 0) is 22.6 Å². The number of rotatable bonds is 4. The van der Waals surface area contributed by atoms with Crippen molar-refractivity contribution in [3.05, 3.63) is 56.4 Å². The molecular formula is C15H14N4O5. The Hall–Kier alpha value is -3.36. The van der Waals surface area contributed by atoms with Crippen LogP contribution in [0.5, 0.6) is 5.75 Å². The molecule has 2 heterocycles. The normalized spacial score (nSPS) is 12.8. The number of ether oxygens (including phenoxy) is 1. The second kappa shape index (κ2) is 6.41. The number of hydrogen-bond donors (Lipinski definition) is 4. The highest BCUT2D eigenvalue weighted by molar-refractivity contribution is 5.95. The fourth-order valence-corrected chi connectivity index (χ4v) is 2.29. The summed E-state index contributed by atoms with van der Waals surface area (Å²) in [5.41, 5.74) is 0.333. The average molecular weight is 330 g/mol. The first-order valence-electron chi connectivity index (χ1n) is 7.14. The number of aromatic nitrogens is 2. The molecule has 1 aliphatic rings. The number of carbonyl (C=O) groups is 2. The number of carbonyl (C=O) groups excluding carboxylic acids is 2. The lowest BCUT2D eigenvalue weighted by Gasteiger charge is -2.18. The van der Waals surface area contributed by atoms with E-state index < -0.39 is 11.2 Å². The molecule has 2 aromatic rings. The highest BCUT2D eigenvalue weighted by Crippen LogP contribution is 2.28. The number of aromatic amines is 2. The topological polar surface area (TPSA) is 133 Å². The standard InChI is InChI=1S/C15H14N4O5/c20-12(4-9-5-13(21)19-15(23)17-9)16-6-8-1-2-11-10(3-8)18-14(22)7-24-11/h1-3,5H,4,6-7H2,(H,16,20)(H,18,22)(H2,17,19,21,23). The van der Waals surface area contributed by atoms with E-state index in [1.165, 1.54) is 0 Å². The molecule has 0 aliphatic carbocycles. The van der Waals surface area contributed by atoms with Crippen LogP contribution in [0.25, 0.3) is 0 Å². The monoisotopic (exact) mass is 330 g/mol. The third kappa shape index (κ3) is 3.69. The van der Waals surface area contributed by atoms with Gasteiger partial charge in [-0.1, -0.05) is 6.07 Å². The van der Waals surface area contributed by atoms with Gasteiger partial charge in [-0.25, -0.2) is 4.79 Å². The van der Waals surface area contributed by atoms with Crippen molar-refractivity contribution in [2.24, 2.45) is 0 Å². The first-order valence-corrected chi connectivity index (χ1v) is 7.14. The molecule has 0 fully saturated rings. The van der Waals surface area contributed by atoms with Crippen LogP contribution in [-0.4, -0.2) is 28.4 Å². The van der Waals surface area contributed by atoms with Crippen LogP contribution in [0.3, 0.4) is 0 Å². The fourth-order valence-electron chi connectivity index (χ4n) is 2.29. The van der Waals surface area contributed by atoms with Crippen LogP contribution in [0.2, 0.25) is 0 Å². The molecule has 0 saturated carbocycles. The molecule has 0 atom stereocenters. The Morgan fingerprint density at radius 2 is 2.00 bits per heavy atom. The van der Waals surface area contributed by atoms with Gasteiger partial charge in [-0.3, -0.25) is 19.4 Å². The number of amides is 2. The molecule has 1 aliphatic heterocycles. The zero-order valence-corrected chi connectivity index (χ0v) is 12.5. The molecule has 1 aromatic carbocycles. The fraction of sp³-hybridized carbons (Fsp3) is 0.200. The van der Waals surface area contributed by atoms with Crippen molar-refractivity contribution in [1.29, 1.82) is 0 Å². The lowest BCUT2D eigenvalue weighted by molar-refractivity contribution is -0.121. The van der Waals surface area contributed by atoms with Crippen molar-refractivity contribution in [1.82, 2.24) is 15.3 Å². The van der Waals surface area contributed by atoms with Crippen molar-refractivity contribution in [3.8, 4) is 5.75 Å². The highest BCUT2D eigenvalue weighted by atomic mass is 16.5. The first kappa shape index (κ1) is 15.5. The average Bonchev–Trinajstić information content (AvgIpc) is 2.51. The Balaban J connectivity index is 1.62. The maximum atomic E-state index is 11.9. The van der Waals surface area contributed by atoms with E-state index in [0.29, 0.717) is 11.4 Å². The summed E-state index contributed by atoms with van der Waals surface area (Å²) in [6.07, 6.45) is -0.121. The second-order valence-electron chi connectivity index (χ2n) is 5.23. The Morgan fingerprint density at radius 3 is 2.79 bits per heavy atom. The van der Waals surface area contributed by atoms with Crippen LogP contribution in [0.15, 0.2) is 33.9 Å². The molecule has 1 aromatic heterocycles. The third-order valence-electron chi connectivity index (χ3n) is 3.33. The predicted octanol–water partition coefficient (Wildman–Crippen LogP) is -0.747. The van der Waals surface area contributed by atoms with E-state index in [1.807, 2.05) is 4.98 Å². The minimum atomic E-state index is -0.657. The minimum Gasteiger partial charge on any atom is -0.482 e. The van der Waals surface area contributed by atoms with Crippen LogP contribution in [0.4, 0.5) is 5.69 Å². The first-order chi connectivity index (χ1) is 11.5. The Bertz CT molecular complexity index is 886. The van der Waals surface area contributed by atoms with Crippen molar-refractivity contribution < 1.29 is 14.3 Å². The van der Waals surface area contributed by atoms with Gasteiger partial charge in [0.2, 0.25) is 5.91 Å².